The summed E-state index contributed by atoms with van der Waals surface area (Å²) in [6, 6.07) is 3.99. The molecule has 3 rings (SSSR count). The van der Waals surface area contributed by atoms with Crippen molar-refractivity contribution < 1.29 is 9.26 Å². The topological polar surface area (TPSA) is 84.6 Å². The number of nitrogens with zero attached hydrogens (tertiary/aromatic N) is 3. The fraction of sp³-hybridized carbons (Fsp3) is 0.571. The number of aromatic nitrogens is 2. The molecule has 7 heteroatoms. The molecule has 0 spiro atoms. The molecule has 7 nitrogen and oxygen atoms in total. The van der Waals surface area contributed by atoms with Crippen molar-refractivity contribution in [3.05, 3.63) is 40.9 Å². The minimum absolute atomic E-state index is 0.331. The lowest BCUT2D eigenvalue weighted by Gasteiger charge is -2.14. The fourth-order valence-electron chi connectivity index (χ4n) is 3.48. The van der Waals surface area contributed by atoms with E-state index in [9.17, 15) is 0 Å². The van der Waals surface area contributed by atoms with E-state index in [-0.39, 0.29) is 0 Å². The van der Waals surface area contributed by atoms with Crippen molar-refractivity contribution in [2.24, 2.45) is 4.99 Å². The third-order valence-corrected chi connectivity index (χ3v) is 5.11. The number of hydrogen-bond acceptors (Lipinski definition) is 5. The van der Waals surface area contributed by atoms with Gasteiger partial charge in [-0.1, -0.05) is 25.1 Å². The summed E-state index contributed by atoms with van der Waals surface area (Å²) in [7, 11) is 1.77. The zero-order chi connectivity index (χ0) is 19.8. The van der Waals surface area contributed by atoms with Gasteiger partial charge in [0.15, 0.2) is 5.96 Å². The Balaban J connectivity index is 1.49. The van der Waals surface area contributed by atoms with E-state index < -0.39 is 0 Å². The first-order valence-electron chi connectivity index (χ1n) is 10.3. The number of nitrogens with one attached hydrogen (secondary N) is 2. The van der Waals surface area contributed by atoms with Gasteiger partial charge in [-0.25, -0.2) is 4.98 Å². The van der Waals surface area contributed by atoms with E-state index in [0.717, 1.165) is 54.2 Å². The molecule has 0 atom stereocenters. The lowest BCUT2D eigenvalue weighted by molar-refractivity contribution is 0.201. The zero-order valence-corrected chi connectivity index (χ0v) is 17.1. The van der Waals surface area contributed by atoms with Crippen LogP contribution in [-0.2, 0) is 25.9 Å². The van der Waals surface area contributed by atoms with Crippen molar-refractivity contribution >= 4 is 5.96 Å². The molecule has 0 amide bonds. The molecule has 152 valence electrons. The molecule has 0 aliphatic heterocycles. The molecular weight excluding hydrogens is 354 g/mol. The van der Waals surface area contributed by atoms with Gasteiger partial charge in [0.1, 0.15) is 11.9 Å². The van der Waals surface area contributed by atoms with Crippen LogP contribution >= 0.6 is 0 Å². The SMILES string of the molecule is CCc1noc(CC)c1CNC(=NC)NCc1ccc(OC2CCCC2)nc1. The third kappa shape index (κ3) is 5.24. The second kappa shape index (κ2) is 10.1. The number of aryl methyl sites for hydroxylation is 2. The second-order valence-corrected chi connectivity index (χ2v) is 7.05. The van der Waals surface area contributed by atoms with Crippen molar-refractivity contribution in [1.82, 2.24) is 20.8 Å². The van der Waals surface area contributed by atoms with Crippen LogP contribution in [-0.4, -0.2) is 29.3 Å². The van der Waals surface area contributed by atoms with Crippen molar-refractivity contribution in [3.8, 4) is 5.88 Å². The number of ether oxygens (including phenoxy) is 1. The van der Waals surface area contributed by atoms with Crippen LogP contribution in [0.1, 0.15) is 62.1 Å². The third-order valence-electron chi connectivity index (χ3n) is 5.11. The summed E-state index contributed by atoms with van der Waals surface area (Å²) in [5.41, 5.74) is 3.21. The summed E-state index contributed by atoms with van der Waals surface area (Å²) in [6.07, 6.45) is 8.66. The molecule has 1 fully saturated rings. The summed E-state index contributed by atoms with van der Waals surface area (Å²) in [5.74, 6) is 2.38. The maximum absolute atomic E-state index is 5.92. The van der Waals surface area contributed by atoms with E-state index >= 15 is 0 Å². The van der Waals surface area contributed by atoms with Gasteiger partial charge in [0.05, 0.1) is 5.69 Å². The Morgan fingerprint density at radius 1 is 1.18 bits per heavy atom. The van der Waals surface area contributed by atoms with Gasteiger partial charge in [0.2, 0.25) is 5.88 Å². The summed E-state index contributed by atoms with van der Waals surface area (Å²) < 4.78 is 11.3. The van der Waals surface area contributed by atoms with Crippen molar-refractivity contribution in [2.75, 3.05) is 7.05 Å². The molecule has 2 aromatic rings. The lowest BCUT2D eigenvalue weighted by atomic mass is 10.1. The Morgan fingerprint density at radius 2 is 1.96 bits per heavy atom. The predicted octanol–water partition coefficient (Wildman–Crippen LogP) is 3.38. The Bertz CT molecular complexity index is 742. The molecule has 1 aliphatic carbocycles. The predicted molar refractivity (Wildman–Crippen MR) is 109 cm³/mol. The number of aliphatic imine (C=N–C) groups is 1. The summed E-state index contributed by atoms with van der Waals surface area (Å²) >= 11 is 0. The second-order valence-electron chi connectivity index (χ2n) is 7.05. The Kier molecular flexibility index (Phi) is 7.28. The maximum Gasteiger partial charge on any atom is 0.213 e. The van der Waals surface area contributed by atoms with E-state index in [4.69, 9.17) is 9.26 Å². The van der Waals surface area contributed by atoms with Crippen LogP contribution in [0.5, 0.6) is 5.88 Å². The van der Waals surface area contributed by atoms with E-state index in [0.29, 0.717) is 25.1 Å². The van der Waals surface area contributed by atoms with Crippen LogP contribution in [0.15, 0.2) is 27.8 Å². The maximum atomic E-state index is 5.92. The molecule has 0 bridgehead atoms. The highest BCUT2D eigenvalue weighted by atomic mass is 16.5. The fourth-order valence-corrected chi connectivity index (χ4v) is 3.48. The number of hydrogen-bond donors (Lipinski definition) is 2. The molecule has 0 unspecified atom stereocenters. The largest absolute Gasteiger partial charge is 0.474 e. The Labute approximate surface area is 167 Å². The molecule has 1 aliphatic rings. The first-order valence-corrected chi connectivity index (χ1v) is 10.3. The van der Waals surface area contributed by atoms with Crippen LogP contribution in [0.3, 0.4) is 0 Å². The Hall–Kier alpha value is -2.57. The highest BCUT2D eigenvalue weighted by molar-refractivity contribution is 5.79. The molecule has 2 N–H and O–H groups in total. The summed E-state index contributed by atoms with van der Waals surface area (Å²) in [5, 5.41) is 10.8. The number of pyridine rings is 1. The molecule has 2 aromatic heterocycles. The van der Waals surface area contributed by atoms with E-state index in [2.05, 4.69) is 39.6 Å². The van der Waals surface area contributed by atoms with Gasteiger partial charge in [-0.05, 0) is 37.7 Å². The summed E-state index contributed by atoms with van der Waals surface area (Å²) in [6.45, 7) is 5.44. The monoisotopic (exact) mass is 385 g/mol. The molecule has 0 saturated heterocycles. The van der Waals surface area contributed by atoms with E-state index in [1.54, 1.807) is 7.05 Å². The highest BCUT2D eigenvalue weighted by Crippen LogP contribution is 2.22. The zero-order valence-electron chi connectivity index (χ0n) is 17.1. The minimum atomic E-state index is 0.331. The lowest BCUT2D eigenvalue weighted by Crippen LogP contribution is -2.36. The Morgan fingerprint density at radius 3 is 2.61 bits per heavy atom. The number of guanidine groups is 1. The smallest absolute Gasteiger partial charge is 0.213 e. The van der Waals surface area contributed by atoms with Gasteiger partial charge < -0.3 is 19.9 Å². The van der Waals surface area contributed by atoms with Crippen LogP contribution in [0.2, 0.25) is 0 Å². The van der Waals surface area contributed by atoms with Gasteiger partial charge in [-0.3, -0.25) is 4.99 Å². The first-order chi connectivity index (χ1) is 13.7. The molecule has 28 heavy (non-hydrogen) atoms. The highest BCUT2D eigenvalue weighted by Gasteiger charge is 2.17. The first kappa shape index (κ1) is 20.2. The average molecular weight is 386 g/mol. The van der Waals surface area contributed by atoms with Crippen molar-refractivity contribution in [2.45, 2.75) is 71.6 Å². The van der Waals surface area contributed by atoms with Gasteiger partial charge in [0.25, 0.3) is 0 Å². The molecular formula is C21H31N5O2. The van der Waals surface area contributed by atoms with Crippen molar-refractivity contribution in [1.29, 1.82) is 0 Å². The van der Waals surface area contributed by atoms with Gasteiger partial charge in [0, 0.05) is 44.4 Å². The average Bonchev–Trinajstić information content (AvgIpc) is 3.38. The normalized spacial score (nSPS) is 15.0. The van der Waals surface area contributed by atoms with Crippen LogP contribution < -0.4 is 15.4 Å². The number of rotatable bonds is 8. The van der Waals surface area contributed by atoms with Gasteiger partial charge in [-0.2, -0.15) is 0 Å². The quantitative estimate of drug-likeness (QED) is 0.535. The van der Waals surface area contributed by atoms with Gasteiger partial charge >= 0.3 is 0 Å². The molecule has 0 aromatic carbocycles. The molecule has 1 saturated carbocycles. The van der Waals surface area contributed by atoms with Crippen LogP contribution in [0.4, 0.5) is 0 Å². The summed E-state index contributed by atoms with van der Waals surface area (Å²) in [4.78, 5) is 8.73. The van der Waals surface area contributed by atoms with Crippen LogP contribution in [0.25, 0.3) is 0 Å². The van der Waals surface area contributed by atoms with E-state index in [1.165, 1.54) is 12.8 Å². The van der Waals surface area contributed by atoms with Crippen LogP contribution in [0, 0.1) is 0 Å². The standard InChI is InChI=1S/C21H31N5O2/c1-4-18-17(19(5-2)28-26-18)14-25-21(22-3)24-13-15-10-11-20(23-12-15)27-16-8-6-7-9-16/h10-12,16H,4-9,13-14H2,1-3H3,(H2,22,24,25). The molecule has 0 radical (unpaired) electrons. The van der Waals surface area contributed by atoms with E-state index in [1.807, 2.05) is 18.3 Å². The molecule has 2 heterocycles. The minimum Gasteiger partial charge on any atom is -0.474 e. The van der Waals surface area contributed by atoms with Gasteiger partial charge in [-0.15, -0.1) is 0 Å². The van der Waals surface area contributed by atoms with Crippen molar-refractivity contribution in [3.63, 3.8) is 0 Å².